The number of nitrogens with one attached hydrogen (secondary N) is 2. The molecule has 0 aliphatic carbocycles. The Kier molecular flexibility index (Phi) is 7.12. The van der Waals surface area contributed by atoms with E-state index >= 15 is 0 Å². The summed E-state index contributed by atoms with van der Waals surface area (Å²) in [6.07, 6.45) is 3.39. The summed E-state index contributed by atoms with van der Waals surface area (Å²) in [6, 6.07) is 6.71. The van der Waals surface area contributed by atoms with E-state index in [1.807, 2.05) is 18.7 Å². The number of benzene rings is 1. The van der Waals surface area contributed by atoms with Crippen LogP contribution < -0.4 is 10.0 Å². The molecular formula is C21H30N4O4S. The highest BCUT2D eigenvalue weighted by Gasteiger charge is 2.30. The highest BCUT2D eigenvalue weighted by molar-refractivity contribution is 7.90. The average molecular weight is 435 g/mol. The number of fused-ring (bicyclic) bond motifs is 1. The van der Waals surface area contributed by atoms with Crippen LogP contribution in [0.2, 0.25) is 0 Å². The zero-order valence-corrected chi connectivity index (χ0v) is 18.4. The maximum atomic E-state index is 12.5. The van der Waals surface area contributed by atoms with Gasteiger partial charge in [0.25, 0.3) is 10.0 Å². The van der Waals surface area contributed by atoms with Crippen LogP contribution in [0.3, 0.4) is 0 Å². The van der Waals surface area contributed by atoms with Crippen molar-refractivity contribution >= 4 is 27.7 Å². The monoisotopic (exact) mass is 434 g/mol. The Morgan fingerprint density at radius 1 is 1.20 bits per heavy atom. The van der Waals surface area contributed by atoms with Gasteiger partial charge in [0, 0.05) is 37.0 Å². The van der Waals surface area contributed by atoms with Crippen LogP contribution in [0.5, 0.6) is 0 Å². The van der Waals surface area contributed by atoms with Crippen molar-refractivity contribution in [3.05, 3.63) is 29.8 Å². The van der Waals surface area contributed by atoms with E-state index in [9.17, 15) is 18.0 Å². The van der Waals surface area contributed by atoms with Crippen LogP contribution in [-0.4, -0.2) is 56.6 Å². The minimum Gasteiger partial charge on any atom is -0.353 e. The van der Waals surface area contributed by atoms with Crippen molar-refractivity contribution < 1.29 is 18.0 Å². The summed E-state index contributed by atoms with van der Waals surface area (Å²) < 4.78 is 26.6. The Bertz CT molecular complexity index is 917. The van der Waals surface area contributed by atoms with E-state index in [0.717, 1.165) is 25.7 Å². The highest BCUT2D eigenvalue weighted by atomic mass is 32.2. The lowest BCUT2D eigenvalue weighted by molar-refractivity contribution is -0.137. The Hall–Kier alpha value is -2.42. The molecule has 2 amide bonds. The minimum absolute atomic E-state index is 0.0571. The number of rotatable bonds is 7. The number of piperidine rings is 1. The van der Waals surface area contributed by atoms with Gasteiger partial charge in [-0.15, -0.1) is 0 Å². The first-order valence-corrected chi connectivity index (χ1v) is 12.1. The predicted molar refractivity (Wildman–Crippen MR) is 115 cm³/mol. The van der Waals surface area contributed by atoms with Crippen molar-refractivity contribution in [2.75, 3.05) is 19.6 Å². The molecule has 2 aliphatic rings. The SMILES string of the molecule is CCC(CC)C(=O)N1CCC(NC(=O)CCN=C2NS(=O)(=O)c3ccccc32)CC1. The zero-order chi connectivity index (χ0) is 21.7. The maximum absolute atomic E-state index is 12.5. The summed E-state index contributed by atoms with van der Waals surface area (Å²) >= 11 is 0. The third-order valence-electron chi connectivity index (χ3n) is 5.78. The molecule has 1 aromatic rings. The quantitative estimate of drug-likeness (QED) is 0.680. The van der Waals surface area contributed by atoms with Gasteiger partial charge in [0.2, 0.25) is 11.8 Å². The number of amidine groups is 1. The fourth-order valence-electron chi connectivity index (χ4n) is 3.96. The van der Waals surface area contributed by atoms with E-state index < -0.39 is 10.0 Å². The molecule has 164 valence electrons. The second-order valence-corrected chi connectivity index (χ2v) is 9.41. The molecule has 0 atom stereocenters. The Morgan fingerprint density at radius 3 is 2.53 bits per heavy atom. The number of hydrogen-bond donors (Lipinski definition) is 2. The number of carbonyl (C=O) groups is 2. The van der Waals surface area contributed by atoms with Gasteiger partial charge in [-0.2, -0.15) is 0 Å². The lowest BCUT2D eigenvalue weighted by atomic mass is 9.98. The van der Waals surface area contributed by atoms with Gasteiger partial charge in [-0.05, 0) is 37.8 Å². The molecule has 9 heteroatoms. The number of aliphatic imine (C=N–C) groups is 1. The maximum Gasteiger partial charge on any atom is 0.263 e. The molecule has 3 rings (SSSR count). The van der Waals surface area contributed by atoms with Crippen LogP contribution in [0, 0.1) is 5.92 Å². The van der Waals surface area contributed by atoms with Gasteiger partial charge in [0.05, 0.1) is 11.4 Å². The standard InChI is InChI=1S/C21H30N4O4S/c1-3-15(4-2)21(27)25-13-10-16(11-14-25)23-19(26)9-12-22-20-17-7-5-6-8-18(17)30(28,29)24-20/h5-8,15-16H,3-4,9-14H2,1-2H3,(H,22,24)(H,23,26). The molecule has 0 aromatic heterocycles. The van der Waals surface area contributed by atoms with Gasteiger partial charge in [0.15, 0.2) is 0 Å². The van der Waals surface area contributed by atoms with Gasteiger partial charge in [-0.3, -0.25) is 19.3 Å². The molecule has 30 heavy (non-hydrogen) atoms. The summed E-state index contributed by atoms with van der Waals surface area (Å²) in [5.41, 5.74) is 0.535. The molecule has 0 radical (unpaired) electrons. The van der Waals surface area contributed by atoms with Gasteiger partial charge >= 0.3 is 0 Å². The first-order valence-electron chi connectivity index (χ1n) is 10.6. The predicted octanol–water partition coefficient (Wildman–Crippen LogP) is 1.66. The molecule has 1 aromatic carbocycles. The van der Waals surface area contributed by atoms with E-state index in [1.54, 1.807) is 18.2 Å². The molecule has 2 aliphatic heterocycles. The molecule has 2 N–H and O–H groups in total. The highest BCUT2D eigenvalue weighted by Crippen LogP contribution is 2.22. The van der Waals surface area contributed by atoms with Crippen LogP contribution in [0.1, 0.15) is 51.5 Å². The first kappa shape index (κ1) is 22.3. The number of hydrogen-bond acceptors (Lipinski definition) is 5. The van der Waals surface area contributed by atoms with Crippen LogP contribution in [0.15, 0.2) is 34.2 Å². The molecule has 0 unspecified atom stereocenters. The molecule has 0 bridgehead atoms. The van der Waals surface area contributed by atoms with E-state index in [2.05, 4.69) is 15.0 Å². The van der Waals surface area contributed by atoms with Gasteiger partial charge < -0.3 is 10.2 Å². The summed E-state index contributed by atoms with van der Waals surface area (Å²) in [5, 5.41) is 3.01. The molecule has 0 saturated carbocycles. The number of sulfonamides is 1. The van der Waals surface area contributed by atoms with Crippen LogP contribution in [0.4, 0.5) is 0 Å². The Labute approximate surface area is 178 Å². The Balaban J connectivity index is 1.45. The van der Waals surface area contributed by atoms with Crippen molar-refractivity contribution in [3.8, 4) is 0 Å². The normalized spacial score (nSPS) is 19.6. The molecular weight excluding hydrogens is 404 g/mol. The Morgan fingerprint density at radius 2 is 1.87 bits per heavy atom. The number of carbonyl (C=O) groups excluding carboxylic acids is 2. The van der Waals surface area contributed by atoms with Gasteiger partial charge in [-0.1, -0.05) is 26.0 Å². The van der Waals surface area contributed by atoms with Crippen molar-refractivity contribution in [1.82, 2.24) is 14.9 Å². The van der Waals surface area contributed by atoms with Gasteiger partial charge in [-0.25, -0.2) is 8.42 Å². The second kappa shape index (κ2) is 9.59. The van der Waals surface area contributed by atoms with Gasteiger partial charge in [0.1, 0.15) is 5.84 Å². The second-order valence-electron chi connectivity index (χ2n) is 7.76. The third kappa shape index (κ3) is 5.00. The van der Waals surface area contributed by atoms with Crippen LogP contribution >= 0.6 is 0 Å². The van der Waals surface area contributed by atoms with E-state index in [-0.39, 0.29) is 47.5 Å². The fraction of sp³-hybridized carbons (Fsp3) is 0.571. The topological polar surface area (TPSA) is 108 Å². The average Bonchev–Trinajstić information content (AvgIpc) is 3.00. The van der Waals surface area contributed by atoms with Crippen molar-refractivity contribution in [1.29, 1.82) is 0 Å². The van der Waals surface area contributed by atoms with Crippen molar-refractivity contribution in [3.63, 3.8) is 0 Å². The summed E-state index contributed by atoms with van der Waals surface area (Å²) in [6.45, 7) is 5.61. The van der Waals surface area contributed by atoms with E-state index in [4.69, 9.17) is 0 Å². The molecule has 0 spiro atoms. The third-order valence-corrected chi connectivity index (χ3v) is 7.18. The fourth-order valence-corrected chi connectivity index (χ4v) is 5.21. The van der Waals surface area contributed by atoms with Crippen LogP contribution in [0.25, 0.3) is 0 Å². The minimum atomic E-state index is -3.56. The van der Waals surface area contributed by atoms with Crippen molar-refractivity contribution in [2.45, 2.75) is 56.9 Å². The smallest absolute Gasteiger partial charge is 0.263 e. The molecule has 8 nitrogen and oxygen atoms in total. The number of nitrogens with zero attached hydrogens (tertiary/aromatic N) is 2. The van der Waals surface area contributed by atoms with E-state index in [1.165, 1.54) is 6.07 Å². The van der Waals surface area contributed by atoms with Crippen LogP contribution in [-0.2, 0) is 19.6 Å². The largest absolute Gasteiger partial charge is 0.353 e. The molecule has 1 saturated heterocycles. The molecule has 2 heterocycles. The first-order chi connectivity index (χ1) is 14.4. The number of amides is 2. The number of likely N-dealkylation sites (tertiary alicyclic amines) is 1. The summed E-state index contributed by atoms with van der Waals surface area (Å²) in [4.78, 5) is 31.1. The van der Waals surface area contributed by atoms with Crippen molar-refractivity contribution in [2.24, 2.45) is 10.9 Å². The lowest BCUT2D eigenvalue weighted by Gasteiger charge is -2.34. The zero-order valence-electron chi connectivity index (χ0n) is 17.6. The van der Waals surface area contributed by atoms with E-state index in [0.29, 0.717) is 18.7 Å². The summed E-state index contributed by atoms with van der Waals surface area (Å²) in [7, 11) is -3.56. The summed E-state index contributed by atoms with van der Waals surface area (Å²) in [5.74, 6) is 0.484. The molecule has 1 fully saturated rings. The lowest BCUT2D eigenvalue weighted by Crippen LogP contribution is -2.48.